The fourth-order valence-corrected chi connectivity index (χ4v) is 2.88. The smallest absolute Gasteiger partial charge is 0.130 e. The van der Waals surface area contributed by atoms with Gasteiger partial charge < -0.3 is 15.3 Å². The molecule has 0 bridgehead atoms. The summed E-state index contributed by atoms with van der Waals surface area (Å²) in [7, 11) is 0. The third-order valence-electron chi connectivity index (χ3n) is 4.43. The monoisotopic (exact) mass is 312 g/mol. The Morgan fingerprint density at radius 2 is 2.00 bits per heavy atom. The number of nitrogens with zero attached hydrogens (tertiary/aromatic N) is 1. The average Bonchev–Trinajstić information content (AvgIpc) is 2.47. The molecule has 22 heavy (non-hydrogen) atoms. The molecule has 124 valence electrons. The Kier molecular flexibility index (Phi) is 6.29. The van der Waals surface area contributed by atoms with Crippen LogP contribution in [0.2, 0.25) is 0 Å². The molecule has 1 fully saturated rings. The molecule has 5 heteroatoms. The zero-order valence-corrected chi connectivity index (χ0v) is 13.4. The van der Waals surface area contributed by atoms with Crippen LogP contribution in [0, 0.1) is 17.6 Å². The van der Waals surface area contributed by atoms with Crippen LogP contribution in [0.5, 0.6) is 0 Å². The summed E-state index contributed by atoms with van der Waals surface area (Å²) >= 11 is 0. The molecule has 0 amide bonds. The van der Waals surface area contributed by atoms with Gasteiger partial charge in [-0.1, -0.05) is 13.0 Å². The average molecular weight is 312 g/mol. The van der Waals surface area contributed by atoms with E-state index in [1.807, 2.05) is 6.92 Å². The molecule has 2 rings (SSSR count). The minimum atomic E-state index is -0.576. The maximum absolute atomic E-state index is 13.7. The molecule has 0 aromatic heterocycles. The van der Waals surface area contributed by atoms with Gasteiger partial charge in [-0.3, -0.25) is 0 Å². The molecule has 2 atom stereocenters. The molecule has 2 unspecified atom stereocenters. The van der Waals surface area contributed by atoms with Crippen molar-refractivity contribution < 1.29 is 13.9 Å². The number of aliphatic hydroxyl groups is 1. The lowest BCUT2D eigenvalue weighted by atomic mass is 9.99. The van der Waals surface area contributed by atoms with E-state index in [4.69, 9.17) is 0 Å². The summed E-state index contributed by atoms with van der Waals surface area (Å²) in [6, 6.07) is 3.32. The zero-order valence-electron chi connectivity index (χ0n) is 13.4. The third-order valence-corrected chi connectivity index (χ3v) is 4.43. The van der Waals surface area contributed by atoms with Crippen LogP contribution in [0.4, 0.5) is 8.78 Å². The van der Waals surface area contributed by atoms with Crippen LogP contribution in [0.15, 0.2) is 18.2 Å². The second-order valence-corrected chi connectivity index (χ2v) is 6.43. The number of hydrogen-bond donors (Lipinski definition) is 2. The van der Waals surface area contributed by atoms with Gasteiger partial charge in [0.1, 0.15) is 11.6 Å². The molecule has 1 heterocycles. The lowest BCUT2D eigenvalue weighted by Gasteiger charge is -2.32. The Labute approximate surface area is 131 Å². The SMILES string of the molecule is CC1CCN(CC(O)CNC(C)c2ccc(F)cc2F)CC1. The molecular formula is C17H26F2N2O. The molecule has 0 aliphatic carbocycles. The van der Waals surface area contributed by atoms with Crippen LogP contribution >= 0.6 is 0 Å². The maximum atomic E-state index is 13.7. The number of hydrogen-bond acceptors (Lipinski definition) is 3. The number of nitrogens with one attached hydrogen (secondary N) is 1. The van der Waals surface area contributed by atoms with E-state index >= 15 is 0 Å². The van der Waals surface area contributed by atoms with Crippen molar-refractivity contribution in [1.82, 2.24) is 10.2 Å². The number of piperidine rings is 1. The Balaban J connectivity index is 1.76. The highest BCUT2D eigenvalue weighted by Crippen LogP contribution is 2.18. The van der Waals surface area contributed by atoms with Gasteiger partial charge in [-0.15, -0.1) is 0 Å². The number of rotatable bonds is 6. The predicted molar refractivity (Wildman–Crippen MR) is 83.6 cm³/mol. The van der Waals surface area contributed by atoms with Gasteiger partial charge >= 0.3 is 0 Å². The van der Waals surface area contributed by atoms with Gasteiger partial charge in [-0.25, -0.2) is 8.78 Å². The van der Waals surface area contributed by atoms with Crippen molar-refractivity contribution in [3.05, 3.63) is 35.4 Å². The van der Waals surface area contributed by atoms with E-state index in [9.17, 15) is 13.9 Å². The van der Waals surface area contributed by atoms with Gasteiger partial charge in [0, 0.05) is 30.8 Å². The van der Waals surface area contributed by atoms with Crippen LogP contribution in [0.25, 0.3) is 0 Å². The van der Waals surface area contributed by atoms with Gasteiger partial charge in [0.25, 0.3) is 0 Å². The second-order valence-electron chi connectivity index (χ2n) is 6.43. The lowest BCUT2D eigenvalue weighted by Crippen LogP contribution is -2.42. The van der Waals surface area contributed by atoms with Crippen LogP contribution < -0.4 is 5.32 Å². The zero-order chi connectivity index (χ0) is 16.1. The van der Waals surface area contributed by atoms with Gasteiger partial charge in [0.2, 0.25) is 0 Å². The van der Waals surface area contributed by atoms with Crippen LogP contribution in [-0.4, -0.2) is 42.3 Å². The van der Waals surface area contributed by atoms with Crippen molar-refractivity contribution in [3.8, 4) is 0 Å². The number of halogens is 2. The lowest BCUT2D eigenvalue weighted by molar-refractivity contribution is 0.0891. The summed E-state index contributed by atoms with van der Waals surface area (Å²) < 4.78 is 26.6. The van der Waals surface area contributed by atoms with Crippen molar-refractivity contribution in [2.45, 2.75) is 38.8 Å². The van der Waals surface area contributed by atoms with E-state index in [2.05, 4.69) is 17.1 Å². The Morgan fingerprint density at radius 1 is 1.32 bits per heavy atom. The van der Waals surface area contributed by atoms with Gasteiger partial charge in [0.15, 0.2) is 0 Å². The van der Waals surface area contributed by atoms with Crippen LogP contribution in [0.3, 0.4) is 0 Å². The van der Waals surface area contributed by atoms with Crippen molar-refractivity contribution in [1.29, 1.82) is 0 Å². The normalized spacial score (nSPS) is 20.0. The molecule has 3 nitrogen and oxygen atoms in total. The van der Waals surface area contributed by atoms with Gasteiger partial charge in [-0.2, -0.15) is 0 Å². The Bertz CT molecular complexity index is 476. The second kappa shape index (κ2) is 7.99. The van der Waals surface area contributed by atoms with Crippen molar-refractivity contribution in [2.75, 3.05) is 26.2 Å². The molecule has 1 aromatic rings. The van der Waals surface area contributed by atoms with E-state index in [0.29, 0.717) is 18.7 Å². The van der Waals surface area contributed by atoms with Gasteiger partial charge in [-0.05, 0) is 44.8 Å². The summed E-state index contributed by atoms with van der Waals surface area (Å²) in [4.78, 5) is 2.27. The minimum absolute atomic E-state index is 0.267. The first-order chi connectivity index (χ1) is 10.5. The highest BCUT2D eigenvalue weighted by atomic mass is 19.1. The van der Waals surface area contributed by atoms with E-state index in [0.717, 1.165) is 25.1 Å². The van der Waals surface area contributed by atoms with E-state index < -0.39 is 17.7 Å². The standard InChI is InChI=1S/C17H26F2N2O/c1-12-5-7-21(8-6-12)11-15(22)10-20-13(2)16-4-3-14(18)9-17(16)19/h3-4,9,12-13,15,20,22H,5-8,10-11H2,1-2H3. The predicted octanol–water partition coefficient (Wildman–Crippen LogP) is 2.71. The molecule has 0 spiro atoms. The van der Waals surface area contributed by atoms with Crippen molar-refractivity contribution in [3.63, 3.8) is 0 Å². The summed E-state index contributed by atoms with van der Waals surface area (Å²) in [5.41, 5.74) is 0.417. The minimum Gasteiger partial charge on any atom is -0.390 e. The largest absolute Gasteiger partial charge is 0.390 e. The van der Waals surface area contributed by atoms with E-state index in [1.165, 1.54) is 25.0 Å². The Hall–Kier alpha value is -1.04. The molecule has 1 aromatic carbocycles. The fraction of sp³-hybridized carbons (Fsp3) is 0.647. The molecule has 1 saturated heterocycles. The molecule has 1 aliphatic rings. The first-order valence-corrected chi connectivity index (χ1v) is 8.04. The van der Waals surface area contributed by atoms with E-state index in [-0.39, 0.29) is 6.04 Å². The summed E-state index contributed by atoms with van der Waals surface area (Å²) in [6.07, 6.45) is 1.87. The first kappa shape index (κ1) is 17.3. The summed E-state index contributed by atoms with van der Waals surface area (Å²) in [6.45, 7) is 7.16. The quantitative estimate of drug-likeness (QED) is 0.848. The molecule has 0 saturated carbocycles. The third kappa shape index (κ3) is 5.00. The van der Waals surface area contributed by atoms with Crippen LogP contribution in [-0.2, 0) is 0 Å². The molecule has 0 radical (unpaired) electrons. The molecule has 1 aliphatic heterocycles. The number of β-amino-alcohol motifs (C(OH)–C–C–N with tert-alkyl or cyclic N) is 1. The number of aliphatic hydroxyl groups excluding tert-OH is 1. The number of likely N-dealkylation sites (tertiary alicyclic amines) is 1. The van der Waals surface area contributed by atoms with Gasteiger partial charge in [0.05, 0.1) is 6.10 Å². The number of benzene rings is 1. The summed E-state index contributed by atoms with van der Waals surface area (Å²) in [5.74, 6) is -0.361. The topological polar surface area (TPSA) is 35.5 Å². The highest BCUT2D eigenvalue weighted by molar-refractivity contribution is 5.21. The summed E-state index contributed by atoms with van der Waals surface area (Å²) in [5, 5.41) is 13.2. The molecular weight excluding hydrogens is 286 g/mol. The first-order valence-electron chi connectivity index (χ1n) is 8.04. The van der Waals surface area contributed by atoms with Crippen molar-refractivity contribution in [2.24, 2.45) is 5.92 Å². The highest BCUT2D eigenvalue weighted by Gasteiger charge is 2.19. The fourth-order valence-electron chi connectivity index (χ4n) is 2.88. The Morgan fingerprint density at radius 3 is 2.64 bits per heavy atom. The van der Waals surface area contributed by atoms with E-state index in [1.54, 1.807) is 0 Å². The van der Waals surface area contributed by atoms with Crippen LogP contribution in [0.1, 0.15) is 38.3 Å². The van der Waals surface area contributed by atoms with Crippen molar-refractivity contribution >= 4 is 0 Å². The maximum Gasteiger partial charge on any atom is 0.130 e. The molecule has 2 N–H and O–H groups in total.